The number of nitrogens with two attached hydrogens (primary N) is 1. The van der Waals surface area contributed by atoms with Crippen molar-refractivity contribution in [3.05, 3.63) is 47.3 Å². The van der Waals surface area contributed by atoms with E-state index in [1.807, 2.05) is 63.9 Å². The van der Waals surface area contributed by atoms with Crippen molar-refractivity contribution >= 4 is 37.9 Å². The van der Waals surface area contributed by atoms with Crippen LogP contribution in [0.25, 0.3) is 22.7 Å². The van der Waals surface area contributed by atoms with Gasteiger partial charge in [0.25, 0.3) is 0 Å². The smallest absolute Gasteiger partial charge is 0.0268 e. The quantitative estimate of drug-likeness (QED) is 0.290. The minimum Gasteiger partial charge on any atom is -0.676 e. The van der Waals surface area contributed by atoms with Crippen molar-refractivity contribution in [1.29, 1.82) is 5.41 Å². The van der Waals surface area contributed by atoms with Crippen LogP contribution < -0.4 is 11.1 Å². The Bertz CT molecular complexity index is 750. The van der Waals surface area contributed by atoms with Gasteiger partial charge in [-0.25, -0.2) is 0 Å². The van der Waals surface area contributed by atoms with E-state index in [2.05, 4.69) is 26.9 Å². The fourth-order valence-corrected chi connectivity index (χ4v) is 2.43. The van der Waals surface area contributed by atoms with Gasteiger partial charge in [-0.1, -0.05) is 44.2 Å². The van der Waals surface area contributed by atoms with Gasteiger partial charge in [0.15, 0.2) is 0 Å². The summed E-state index contributed by atoms with van der Waals surface area (Å²) in [4.78, 5) is 6.62. The van der Waals surface area contributed by atoms with E-state index in [0.717, 1.165) is 40.9 Å². The molecule has 8 heteroatoms. The van der Waals surface area contributed by atoms with E-state index < -0.39 is 0 Å². The predicted molar refractivity (Wildman–Crippen MR) is 131 cm³/mol. The molecule has 0 fully saturated rings. The molecule has 0 unspecified atom stereocenters. The molecule has 0 saturated heterocycles. The van der Waals surface area contributed by atoms with Crippen LogP contribution in [0.4, 0.5) is 5.69 Å². The third-order valence-corrected chi connectivity index (χ3v) is 3.92. The van der Waals surface area contributed by atoms with Crippen LogP contribution in [0.2, 0.25) is 0 Å². The molecule has 0 spiro atoms. The summed E-state index contributed by atoms with van der Waals surface area (Å²) in [7, 11) is 6.55. The fourth-order valence-electron chi connectivity index (χ4n) is 2.43. The van der Waals surface area contributed by atoms with Crippen molar-refractivity contribution in [2.24, 2.45) is 5.73 Å². The number of rotatable bonds is 6. The molecule has 5 N–H and O–H groups in total. The van der Waals surface area contributed by atoms with Gasteiger partial charge in [0.2, 0.25) is 0 Å². The molecule has 0 saturated carbocycles. The van der Waals surface area contributed by atoms with Crippen molar-refractivity contribution in [1.82, 2.24) is 9.88 Å². The second kappa shape index (κ2) is 19.5. The van der Waals surface area contributed by atoms with Gasteiger partial charge < -0.3 is 21.7 Å². The molecule has 172 valence electrons. The zero-order valence-electron chi connectivity index (χ0n) is 19.0. The molecule has 1 heterocycles. The number of hydrogen-bond acceptors (Lipinski definition) is 4. The number of para-hydroxylation sites is 1. The Morgan fingerprint density at radius 2 is 1.90 bits per heavy atom. The molecule has 0 aliphatic rings. The van der Waals surface area contributed by atoms with Crippen molar-refractivity contribution in [3.8, 4) is 0 Å². The van der Waals surface area contributed by atoms with E-state index in [1.54, 1.807) is 25.7 Å². The van der Waals surface area contributed by atoms with E-state index in [4.69, 9.17) is 21.9 Å². The summed E-state index contributed by atoms with van der Waals surface area (Å²) in [5.41, 5.74) is 15.5. The molecule has 0 atom stereocenters. The molecular weight excluding hydrogens is 579 g/mol. The third-order valence-electron chi connectivity index (χ3n) is 3.92. The topological polar surface area (TPSA) is 102 Å². The van der Waals surface area contributed by atoms with Gasteiger partial charge in [-0.05, 0) is 33.4 Å². The van der Waals surface area contributed by atoms with Gasteiger partial charge in [0.05, 0.1) is 17.0 Å². The van der Waals surface area contributed by atoms with Crippen LogP contribution in [0.5, 0.6) is 0 Å². The summed E-state index contributed by atoms with van der Waals surface area (Å²) in [6.45, 7) is 12.3. The molecule has 1 aromatic carbocycles. The number of amidine groups is 1. The molecule has 0 radical (unpaired) electrons. The van der Waals surface area contributed by atoms with Crippen molar-refractivity contribution < 1.29 is 18.8 Å². The first-order valence-electron chi connectivity index (χ1n) is 9.95. The number of nitrogens with one attached hydrogen (secondary N) is 3. The van der Waals surface area contributed by atoms with Gasteiger partial charge >= 0.3 is 28.2 Å². The van der Waals surface area contributed by atoms with E-state index in [9.17, 15) is 0 Å². The van der Waals surface area contributed by atoms with Crippen LogP contribution in [-0.2, 0) is 18.8 Å². The number of allylic oxidation sites excluding steroid dienone is 1. The SMILES string of the molecule is C/C=C\c1c(C)nc2ccccc2c1NCCN(C)C(C)=N.CC.[Cl][Pt+].[NH-]CCN. The Labute approximate surface area is 197 Å². The average molecular weight is 616 g/mol. The van der Waals surface area contributed by atoms with E-state index in [1.165, 1.54) is 0 Å². The van der Waals surface area contributed by atoms with Crippen LogP contribution in [0.1, 0.15) is 39.0 Å². The first-order chi connectivity index (χ1) is 14.5. The average Bonchev–Trinajstić information content (AvgIpc) is 2.78. The molecule has 0 aliphatic heterocycles. The largest absolute Gasteiger partial charge is 0.676 e. The zero-order chi connectivity index (χ0) is 23.5. The Morgan fingerprint density at radius 3 is 2.40 bits per heavy atom. The first kappa shape index (κ1) is 30.7. The normalized spacial score (nSPS) is 9.57. The van der Waals surface area contributed by atoms with Gasteiger partial charge in [-0.2, -0.15) is 0 Å². The number of hydrogen-bond donors (Lipinski definition) is 3. The van der Waals surface area contributed by atoms with Crippen LogP contribution in [-0.4, -0.2) is 48.9 Å². The van der Waals surface area contributed by atoms with Crippen LogP contribution in [0.15, 0.2) is 30.3 Å². The van der Waals surface area contributed by atoms with Gasteiger partial charge in [-0.3, -0.25) is 10.4 Å². The van der Waals surface area contributed by atoms with Crippen molar-refractivity contribution in [3.63, 3.8) is 0 Å². The van der Waals surface area contributed by atoms with Crippen molar-refractivity contribution in [2.45, 2.75) is 34.6 Å². The minimum atomic E-state index is 0.347. The summed E-state index contributed by atoms with van der Waals surface area (Å²) < 4.78 is 0. The van der Waals surface area contributed by atoms with Crippen LogP contribution >= 0.6 is 9.42 Å². The second-order valence-electron chi connectivity index (χ2n) is 5.98. The van der Waals surface area contributed by atoms with Crippen LogP contribution in [0.3, 0.4) is 0 Å². The molecule has 2 aromatic rings. The second-order valence-corrected chi connectivity index (χ2v) is 5.98. The Balaban J connectivity index is 0. The Hall–Kier alpha value is -1.46. The number of pyridine rings is 1. The Kier molecular flexibility index (Phi) is 20.0. The standard InChI is InChI=1S/C18H24N4.C2H7N2.C2H6.ClH.Pt/c1-5-8-15-13(2)21-17-10-7-6-9-16(17)18(15)20-11-12-22(4)14(3)19;3-1-2-4;1-2;;/h5-10,19H,11-12H2,1-4H3,(H,20,21);3H,1-2,4H2;1-2H3;1H;/q;-1;;;+2/p-1/b8-5-,19-14?;;;;. The zero-order valence-corrected chi connectivity index (χ0v) is 22.0. The Morgan fingerprint density at radius 1 is 1.33 bits per heavy atom. The fraction of sp³-hybridized carbons (Fsp3) is 0.455. The molecule has 1 aromatic heterocycles. The van der Waals surface area contributed by atoms with Crippen molar-refractivity contribution in [2.75, 3.05) is 38.5 Å². The number of fused-ring (bicyclic) bond motifs is 1. The molecule has 0 aliphatic carbocycles. The number of anilines is 1. The van der Waals surface area contributed by atoms with E-state index in [-0.39, 0.29) is 0 Å². The summed E-state index contributed by atoms with van der Waals surface area (Å²) in [6.07, 6.45) is 4.14. The summed E-state index contributed by atoms with van der Waals surface area (Å²) in [5, 5.41) is 12.3. The number of halogens is 1. The molecule has 2 rings (SSSR count). The molecular formula is C22H37ClN6Pt. The number of aromatic nitrogens is 1. The molecule has 6 nitrogen and oxygen atoms in total. The molecule has 30 heavy (non-hydrogen) atoms. The number of nitrogens with zero attached hydrogens (tertiary/aromatic N) is 2. The number of likely N-dealkylation sites (N-methyl/N-ethyl adjacent to an activating group) is 1. The summed E-state index contributed by atoms with van der Waals surface area (Å²) in [5.74, 6) is 0.575. The molecule has 0 amide bonds. The van der Waals surface area contributed by atoms with Gasteiger partial charge in [0, 0.05) is 36.8 Å². The van der Waals surface area contributed by atoms with Gasteiger partial charge in [-0.15, -0.1) is 6.54 Å². The first-order valence-corrected chi connectivity index (χ1v) is 12.8. The maximum atomic E-state index is 7.63. The third kappa shape index (κ3) is 11.1. The predicted octanol–water partition coefficient (Wildman–Crippen LogP) is 5.63. The molecule has 0 bridgehead atoms. The number of benzene rings is 1. The van der Waals surface area contributed by atoms with E-state index >= 15 is 0 Å². The summed E-state index contributed by atoms with van der Waals surface area (Å²) >= 11 is 1.61. The maximum absolute atomic E-state index is 7.63. The minimum absolute atomic E-state index is 0.347. The maximum Gasteiger partial charge on any atom is -0.0268 e. The van der Waals surface area contributed by atoms with Gasteiger partial charge in [0.1, 0.15) is 0 Å². The van der Waals surface area contributed by atoms with Crippen LogP contribution in [0, 0.1) is 12.3 Å². The number of aryl methyl sites for hydroxylation is 1. The van der Waals surface area contributed by atoms with E-state index in [0.29, 0.717) is 18.9 Å². The monoisotopic (exact) mass is 615 g/mol. The summed E-state index contributed by atoms with van der Waals surface area (Å²) in [6, 6.07) is 8.20.